The lowest BCUT2D eigenvalue weighted by Gasteiger charge is -2.20. The Morgan fingerprint density at radius 3 is 1.43 bits per heavy atom. The Morgan fingerprint density at radius 1 is 0.550 bits per heavy atom. The normalized spacial score (nSPS) is 14.2. The summed E-state index contributed by atoms with van der Waals surface area (Å²) in [5.74, 6) is -1.79. The maximum Gasteiger partial charge on any atom is 0.472 e. The summed E-state index contributed by atoms with van der Waals surface area (Å²) >= 11 is 0. The van der Waals surface area contributed by atoms with Crippen LogP contribution in [0.25, 0.3) is 0 Å². The molecule has 0 radical (unpaired) electrons. The molecule has 0 aromatic carbocycles. The van der Waals surface area contributed by atoms with Crippen LogP contribution < -0.4 is 5.73 Å². The molecule has 3 unspecified atom stereocenters. The fourth-order valence-corrected chi connectivity index (χ4v) is 7.43. The number of hydrogen-bond donors (Lipinski definition) is 3. The molecule has 60 heavy (non-hydrogen) atoms. The summed E-state index contributed by atoms with van der Waals surface area (Å²) in [7, 11) is -4.63. The molecule has 0 saturated carbocycles. The van der Waals surface area contributed by atoms with Crippen LogP contribution in [0.1, 0.15) is 213 Å². The number of phosphoric ester groups is 1. The molecule has 4 N–H and O–H groups in total. The zero-order valence-corrected chi connectivity index (χ0v) is 39.2. The molecule has 10 nitrogen and oxygen atoms in total. The monoisotopic (exact) mass is 868 g/mol. The summed E-state index contributed by atoms with van der Waals surface area (Å²) in [6, 6.07) is -1.48. The zero-order valence-electron chi connectivity index (χ0n) is 38.3. The van der Waals surface area contributed by atoms with Gasteiger partial charge in [-0.25, -0.2) is 4.57 Å². The lowest BCUT2D eigenvalue weighted by atomic mass is 10.0. The number of ether oxygens (including phenoxy) is 2. The van der Waals surface area contributed by atoms with Crippen molar-refractivity contribution >= 4 is 19.8 Å². The number of nitrogens with two attached hydrogens (primary N) is 1. The topological polar surface area (TPSA) is 155 Å². The van der Waals surface area contributed by atoms with Crippen molar-refractivity contribution in [2.24, 2.45) is 5.73 Å². The van der Waals surface area contributed by atoms with E-state index in [2.05, 4.69) is 62.5 Å². The van der Waals surface area contributed by atoms with Crippen LogP contribution in [-0.2, 0) is 32.7 Å². The first-order valence-electron chi connectivity index (χ1n) is 24.2. The van der Waals surface area contributed by atoms with Crippen LogP contribution in [-0.4, -0.2) is 60.5 Å². The van der Waals surface area contributed by atoms with Crippen LogP contribution in [0.15, 0.2) is 48.6 Å². The first-order chi connectivity index (χ1) is 29.2. The van der Waals surface area contributed by atoms with E-state index < -0.39 is 45.1 Å². The van der Waals surface area contributed by atoms with Gasteiger partial charge in [0.2, 0.25) is 0 Å². The van der Waals surface area contributed by atoms with Crippen LogP contribution in [0.5, 0.6) is 0 Å². The predicted octanol–water partition coefficient (Wildman–Crippen LogP) is 13.8. The van der Waals surface area contributed by atoms with Gasteiger partial charge in [0.15, 0.2) is 0 Å². The summed E-state index contributed by atoms with van der Waals surface area (Å²) in [4.78, 5) is 33.6. The maximum atomic E-state index is 12.7. The van der Waals surface area contributed by atoms with E-state index in [0.29, 0.717) is 13.0 Å². The Labute approximate surface area is 367 Å². The summed E-state index contributed by atoms with van der Waals surface area (Å²) < 4.78 is 33.4. The molecule has 0 aromatic rings. The Balaban J connectivity index is 4.17. The number of carbonyl (C=O) groups excluding carboxylic acids is 1. The number of unbranched alkanes of at least 4 members (excludes halogenated alkanes) is 24. The molecule has 0 aliphatic heterocycles. The number of rotatable bonds is 46. The van der Waals surface area contributed by atoms with Crippen molar-refractivity contribution in [3.05, 3.63) is 48.6 Å². The van der Waals surface area contributed by atoms with E-state index in [1.54, 1.807) is 0 Å². The summed E-state index contributed by atoms with van der Waals surface area (Å²) in [5, 5.41) is 8.91. The number of aliphatic carboxylic acids is 1. The molecular weight excluding hydrogens is 778 g/mol. The summed E-state index contributed by atoms with van der Waals surface area (Å²) in [6.45, 7) is 3.72. The van der Waals surface area contributed by atoms with Crippen LogP contribution >= 0.6 is 7.82 Å². The minimum Gasteiger partial charge on any atom is -0.480 e. The second-order valence-electron chi connectivity index (χ2n) is 16.2. The van der Waals surface area contributed by atoms with Gasteiger partial charge in [-0.2, -0.15) is 0 Å². The number of esters is 1. The van der Waals surface area contributed by atoms with E-state index in [1.165, 1.54) is 122 Å². The largest absolute Gasteiger partial charge is 0.480 e. The third-order valence-electron chi connectivity index (χ3n) is 10.4. The molecule has 0 fully saturated rings. The van der Waals surface area contributed by atoms with Gasteiger partial charge in [-0.1, -0.05) is 204 Å². The highest BCUT2D eigenvalue weighted by Crippen LogP contribution is 2.43. The van der Waals surface area contributed by atoms with E-state index in [1.807, 2.05) is 0 Å². The van der Waals surface area contributed by atoms with Gasteiger partial charge in [0.05, 0.1) is 19.8 Å². The van der Waals surface area contributed by atoms with Crippen molar-refractivity contribution < 1.29 is 42.7 Å². The summed E-state index contributed by atoms with van der Waals surface area (Å²) in [5.41, 5.74) is 5.36. The Kier molecular flexibility index (Phi) is 43.4. The van der Waals surface area contributed by atoms with Crippen LogP contribution in [0.2, 0.25) is 0 Å². The molecule has 0 aliphatic rings. The standard InChI is InChI=1S/C49H90NO9P/c1-3-5-7-9-11-13-15-17-19-21-22-23-24-25-26-27-29-31-33-35-37-39-41-48(51)59-46(44-57-60(54,55)58-45-47(50)49(52)53)43-56-42-40-38-36-34-32-30-28-20-18-16-14-12-10-8-6-4-2/h6,8,12,14,18,20,30,32,46-47H,3-5,7,9-11,13,15-17,19,21-29,31,33-45,50H2,1-2H3,(H,52,53)(H,54,55)/b8-6-,14-12-,20-18-,32-30-. The molecule has 0 amide bonds. The molecule has 0 aromatic heterocycles. The summed E-state index contributed by atoms with van der Waals surface area (Å²) in [6.07, 6.45) is 53.2. The number of carboxylic acid groups (broad SMARTS) is 1. The van der Waals surface area contributed by atoms with Crippen molar-refractivity contribution in [1.29, 1.82) is 0 Å². The molecule has 0 bridgehead atoms. The predicted molar refractivity (Wildman–Crippen MR) is 249 cm³/mol. The molecule has 350 valence electrons. The lowest BCUT2D eigenvalue weighted by molar-refractivity contribution is -0.154. The average molecular weight is 868 g/mol. The van der Waals surface area contributed by atoms with E-state index >= 15 is 0 Å². The first-order valence-corrected chi connectivity index (χ1v) is 25.7. The number of carboxylic acids is 1. The van der Waals surface area contributed by atoms with Gasteiger partial charge in [-0.3, -0.25) is 18.6 Å². The second-order valence-corrected chi connectivity index (χ2v) is 17.7. The van der Waals surface area contributed by atoms with Gasteiger partial charge in [0.25, 0.3) is 0 Å². The maximum absolute atomic E-state index is 12.7. The number of carbonyl (C=O) groups is 2. The number of hydrogen-bond acceptors (Lipinski definition) is 8. The Morgan fingerprint density at radius 2 is 0.967 bits per heavy atom. The highest BCUT2D eigenvalue weighted by atomic mass is 31.2. The minimum atomic E-state index is -4.63. The van der Waals surface area contributed by atoms with Crippen LogP contribution in [0, 0.1) is 0 Å². The van der Waals surface area contributed by atoms with Gasteiger partial charge in [0, 0.05) is 13.0 Å². The fraction of sp³-hybridized carbons (Fsp3) is 0.796. The van der Waals surface area contributed by atoms with Crippen molar-refractivity contribution in [3.8, 4) is 0 Å². The molecular formula is C49H90NO9P. The number of phosphoric acid groups is 1. The van der Waals surface area contributed by atoms with Crippen molar-refractivity contribution in [1.82, 2.24) is 0 Å². The Bertz CT molecular complexity index is 1140. The molecule has 11 heteroatoms. The third-order valence-corrected chi connectivity index (χ3v) is 11.3. The van der Waals surface area contributed by atoms with Crippen LogP contribution in [0.3, 0.4) is 0 Å². The van der Waals surface area contributed by atoms with Crippen molar-refractivity contribution in [2.75, 3.05) is 26.4 Å². The van der Waals surface area contributed by atoms with Gasteiger partial charge >= 0.3 is 19.8 Å². The smallest absolute Gasteiger partial charge is 0.472 e. The highest BCUT2D eigenvalue weighted by molar-refractivity contribution is 7.47. The average Bonchev–Trinajstić information content (AvgIpc) is 3.23. The Hall–Kier alpha value is -2.07. The quantitative estimate of drug-likeness (QED) is 0.0233. The zero-order chi connectivity index (χ0) is 44.0. The van der Waals surface area contributed by atoms with Gasteiger partial charge in [0.1, 0.15) is 12.1 Å². The third kappa shape index (κ3) is 44.0. The minimum absolute atomic E-state index is 0.00337. The first kappa shape index (κ1) is 57.9. The van der Waals surface area contributed by atoms with Crippen molar-refractivity contribution in [3.63, 3.8) is 0 Å². The van der Waals surface area contributed by atoms with E-state index in [4.69, 9.17) is 29.4 Å². The van der Waals surface area contributed by atoms with Crippen LogP contribution in [0.4, 0.5) is 0 Å². The van der Waals surface area contributed by atoms with E-state index in [-0.39, 0.29) is 13.0 Å². The molecule has 3 atom stereocenters. The highest BCUT2D eigenvalue weighted by Gasteiger charge is 2.27. The van der Waals surface area contributed by atoms with Gasteiger partial charge in [-0.15, -0.1) is 0 Å². The van der Waals surface area contributed by atoms with Crippen molar-refractivity contribution in [2.45, 2.75) is 225 Å². The van der Waals surface area contributed by atoms with E-state index in [9.17, 15) is 19.0 Å². The molecule has 0 rings (SSSR count). The lowest BCUT2D eigenvalue weighted by Crippen LogP contribution is -2.34. The SMILES string of the molecule is CC/C=C\C/C=C\C/C=C\C/C=C\CCCCCOCC(COP(=O)(O)OCC(N)C(=O)O)OC(=O)CCCCCCCCCCCCCCCCCCCCCCCC. The second kappa shape index (κ2) is 45.0. The molecule has 0 aliphatic carbocycles. The molecule has 0 spiro atoms. The van der Waals surface area contributed by atoms with Gasteiger partial charge < -0.3 is 25.2 Å². The molecule has 0 saturated heterocycles. The fourth-order valence-electron chi connectivity index (χ4n) is 6.65. The molecule has 0 heterocycles. The number of allylic oxidation sites excluding steroid dienone is 8. The van der Waals surface area contributed by atoms with E-state index in [0.717, 1.165) is 64.2 Å². The van der Waals surface area contributed by atoms with Gasteiger partial charge in [-0.05, 0) is 51.4 Å².